The fraction of sp³-hybridized carbons (Fsp3) is 0.905. The summed E-state index contributed by atoms with van der Waals surface area (Å²) in [4.78, 5) is 24.5. The van der Waals surface area contributed by atoms with Gasteiger partial charge in [-0.15, -0.1) is 0 Å². The Morgan fingerprint density at radius 2 is 1.62 bits per heavy atom. The summed E-state index contributed by atoms with van der Waals surface area (Å²) < 4.78 is 17.0. The Morgan fingerprint density at radius 3 is 2.15 bits per heavy atom. The molecule has 0 spiro atoms. The Labute approximate surface area is 159 Å². The fourth-order valence-corrected chi connectivity index (χ4v) is 3.36. The van der Waals surface area contributed by atoms with E-state index in [0.29, 0.717) is 19.6 Å². The molecule has 0 atom stereocenters. The van der Waals surface area contributed by atoms with Crippen molar-refractivity contribution in [2.75, 3.05) is 19.8 Å². The minimum Gasteiger partial charge on any atom is -0.465 e. The van der Waals surface area contributed by atoms with Crippen LogP contribution in [-0.2, 0) is 23.8 Å². The van der Waals surface area contributed by atoms with Crippen LogP contribution in [0.2, 0.25) is 0 Å². The van der Waals surface area contributed by atoms with Gasteiger partial charge in [0, 0.05) is 12.0 Å². The van der Waals surface area contributed by atoms with Crippen LogP contribution >= 0.6 is 0 Å². The second kappa shape index (κ2) is 9.72. The number of ether oxygens (including phenoxy) is 3. The van der Waals surface area contributed by atoms with Crippen molar-refractivity contribution in [3.8, 4) is 0 Å². The van der Waals surface area contributed by atoms with Gasteiger partial charge in [-0.3, -0.25) is 9.59 Å². The van der Waals surface area contributed by atoms with Gasteiger partial charge in [0.1, 0.15) is 12.2 Å². The van der Waals surface area contributed by atoms with Gasteiger partial charge in [0.2, 0.25) is 0 Å². The lowest BCUT2D eigenvalue weighted by atomic mass is 9.67. The molecule has 152 valence electrons. The lowest BCUT2D eigenvalue weighted by Gasteiger charge is -2.48. The molecule has 0 unspecified atom stereocenters. The molecule has 1 aliphatic rings. The summed E-state index contributed by atoms with van der Waals surface area (Å²) in [5.41, 5.74) is -1.27. The first kappa shape index (κ1) is 22.9. The summed E-state index contributed by atoms with van der Waals surface area (Å²) >= 11 is 0. The Balaban J connectivity index is 2.65. The standard InChI is InChI=1S/C21H38O5/c1-7-19(3,4)18(23)25-15-12-17(22)26-21(13-10-9-11-14-21)20(5,6)16-24-8-2/h7-16H2,1-6H3. The fourth-order valence-electron chi connectivity index (χ4n) is 3.36. The zero-order valence-corrected chi connectivity index (χ0v) is 17.6. The molecule has 0 aliphatic heterocycles. The SMILES string of the molecule is CCOCC(C)(C)C1(OC(=O)CCOC(=O)C(C)(C)CC)CCCCC1. The first-order valence-corrected chi connectivity index (χ1v) is 10.1. The molecule has 0 aromatic rings. The number of esters is 2. The average Bonchev–Trinajstić information content (AvgIpc) is 2.60. The number of hydrogen-bond acceptors (Lipinski definition) is 5. The summed E-state index contributed by atoms with van der Waals surface area (Å²) in [5, 5.41) is 0. The third-order valence-electron chi connectivity index (χ3n) is 5.85. The Bertz CT molecular complexity index is 461. The van der Waals surface area contributed by atoms with E-state index in [0.717, 1.165) is 25.7 Å². The van der Waals surface area contributed by atoms with Gasteiger partial charge in [0.15, 0.2) is 0 Å². The van der Waals surface area contributed by atoms with Gasteiger partial charge in [-0.05, 0) is 52.9 Å². The van der Waals surface area contributed by atoms with Crippen LogP contribution in [0.4, 0.5) is 0 Å². The van der Waals surface area contributed by atoms with E-state index in [9.17, 15) is 9.59 Å². The van der Waals surface area contributed by atoms with E-state index in [1.807, 2.05) is 27.7 Å². The molecule has 5 nitrogen and oxygen atoms in total. The van der Waals surface area contributed by atoms with Gasteiger partial charge < -0.3 is 14.2 Å². The van der Waals surface area contributed by atoms with Gasteiger partial charge in [0.25, 0.3) is 0 Å². The maximum Gasteiger partial charge on any atom is 0.311 e. The van der Waals surface area contributed by atoms with Crippen LogP contribution in [0.15, 0.2) is 0 Å². The van der Waals surface area contributed by atoms with Crippen molar-refractivity contribution in [1.82, 2.24) is 0 Å². The van der Waals surface area contributed by atoms with Crippen molar-refractivity contribution < 1.29 is 23.8 Å². The van der Waals surface area contributed by atoms with E-state index in [4.69, 9.17) is 14.2 Å². The predicted molar refractivity (Wildman–Crippen MR) is 102 cm³/mol. The summed E-state index contributed by atoms with van der Waals surface area (Å²) in [6.07, 6.45) is 5.81. The molecular formula is C21H38O5. The number of hydrogen-bond donors (Lipinski definition) is 0. The van der Waals surface area contributed by atoms with Gasteiger partial charge in [-0.25, -0.2) is 0 Å². The lowest BCUT2D eigenvalue weighted by Crippen LogP contribution is -2.52. The molecule has 1 rings (SSSR count). The maximum atomic E-state index is 12.5. The zero-order valence-electron chi connectivity index (χ0n) is 17.6. The van der Waals surface area contributed by atoms with Gasteiger partial charge >= 0.3 is 11.9 Å². The third-order valence-corrected chi connectivity index (χ3v) is 5.85. The van der Waals surface area contributed by atoms with E-state index >= 15 is 0 Å². The van der Waals surface area contributed by atoms with Crippen LogP contribution in [0, 0.1) is 10.8 Å². The quantitative estimate of drug-likeness (QED) is 0.523. The number of carbonyl (C=O) groups excluding carboxylic acids is 2. The molecule has 1 saturated carbocycles. The van der Waals surface area contributed by atoms with Crippen LogP contribution in [0.25, 0.3) is 0 Å². The summed E-state index contributed by atoms with van der Waals surface area (Å²) in [6.45, 7) is 13.1. The van der Waals surface area contributed by atoms with E-state index in [2.05, 4.69) is 13.8 Å². The zero-order chi connectivity index (χ0) is 19.8. The van der Waals surface area contributed by atoms with Crippen molar-refractivity contribution >= 4 is 11.9 Å². The van der Waals surface area contributed by atoms with Gasteiger partial charge in [0.05, 0.1) is 18.4 Å². The van der Waals surface area contributed by atoms with Crippen molar-refractivity contribution in [3.63, 3.8) is 0 Å². The summed E-state index contributed by atoms with van der Waals surface area (Å²) in [7, 11) is 0. The highest BCUT2D eigenvalue weighted by Gasteiger charge is 2.49. The molecule has 0 heterocycles. The Morgan fingerprint density at radius 1 is 1.00 bits per heavy atom. The number of rotatable bonds is 10. The van der Waals surface area contributed by atoms with Crippen molar-refractivity contribution in [2.24, 2.45) is 10.8 Å². The average molecular weight is 371 g/mol. The van der Waals surface area contributed by atoms with Crippen molar-refractivity contribution in [1.29, 1.82) is 0 Å². The smallest absolute Gasteiger partial charge is 0.311 e. The van der Waals surface area contributed by atoms with E-state index < -0.39 is 11.0 Å². The lowest BCUT2D eigenvalue weighted by molar-refractivity contribution is -0.189. The second-order valence-corrected chi connectivity index (χ2v) is 8.67. The highest BCUT2D eigenvalue weighted by Crippen LogP contribution is 2.45. The van der Waals surface area contributed by atoms with Crippen LogP contribution in [-0.4, -0.2) is 37.4 Å². The van der Waals surface area contributed by atoms with Crippen LogP contribution in [0.1, 0.15) is 86.5 Å². The topological polar surface area (TPSA) is 61.8 Å². The molecule has 0 bridgehead atoms. The van der Waals surface area contributed by atoms with Crippen molar-refractivity contribution in [3.05, 3.63) is 0 Å². The van der Waals surface area contributed by atoms with Gasteiger partial charge in [-0.2, -0.15) is 0 Å². The number of carbonyl (C=O) groups is 2. The molecule has 0 aromatic heterocycles. The summed E-state index contributed by atoms with van der Waals surface area (Å²) in [5.74, 6) is -0.560. The van der Waals surface area contributed by atoms with Gasteiger partial charge in [-0.1, -0.05) is 27.2 Å². The van der Waals surface area contributed by atoms with E-state index in [1.165, 1.54) is 6.42 Å². The molecule has 0 radical (unpaired) electrons. The first-order chi connectivity index (χ1) is 12.1. The molecule has 0 saturated heterocycles. The monoisotopic (exact) mass is 370 g/mol. The van der Waals surface area contributed by atoms with E-state index in [-0.39, 0.29) is 30.4 Å². The third kappa shape index (κ3) is 5.97. The molecule has 1 aliphatic carbocycles. The first-order valence-electron chi connectivity index (χ1n) is 10.1. The predicted octanol–water partition coefficient (Wildman–Crippen LogP) is 4.66. The van der Waals surface area contributed by atoms with E-state index in [1.54, 1.807) is 0 Å². The Hall–Kier alpha value is -1.10. The molecule has 0 amide bonds. The molecule has 5 heteroatoms. The molecule has 1 fully saturated rings. The Kier molecular flexibility index (Phi) is 8.58. The van der Waals surface area contributed by atoms with Crippen LogP contribution < -0.4 is 0 Å². The summed E-state index contributed by atoms with van der Waals surface area (Å²) in [6, 6.07) is 0. The molecule has 0 aromatic carbocycles. The van der Waals surface area contributed by atoms with Crippen LogP contribution in [0.3, 0.4) is 0 Å². The molecule has 26 heavy (non-hydrogen) atoms. The molecular weight excluding hydrogens is 332 g/mol. The largest absolute Gasteiger partial charge is 0.465 e. The van der Waals surface area contributed by atoms with Crippen LogP contribution in [0.5, 0.6) is 0 Å². The minimum atomic E-state index is -0.520. The molecule has 0 N–H and O–H groups in total. The highest BCUT2D eigenvalue weighted by molar-refractivity contribution is 5.76. The van der Waals surface area contributed by atoms with Crippen molar-refractivity contribution in [2.45, 2.75) is 92.1 Å². The minimum absolute atomic E-state index is 0.0725. The highest BCUT2D eigenvalue weighted by atomic mass is 16.6. The normalized spacial score (nSPS) is 17.6. The maximum absolute atomic E-state index is 12.5. The second-order valence-electron chi connectivity index (χ2n) is 8.67.